The second-order valence-electron chi connectivity index (χ2n) is 26.2. The molecule has 0 aromatic rings. The van der Waals surface area contributed by atoms with Crippen molar-refractivity contribution < 1.29 is 80.2 Å². The van der Waals surface area contributed by atoms with E-state index in [0.29, 0.717) is 37.5 Å². The van der Waals surface area contributed by atoms with Gasteiger partial charge in [0.05, 0.1) is 26.4 Å². The first-order chi connectivity index (χ1) is 43.9. The molecule has 0 spiro atoms. The highest BCUT2D eigenvalue weighted by Gasteiger charge is 2.30. The van der Waals surface area contributed by atoms with Gasteiger partial charge in [0.25, 0.3) is 0 Å². The fraction of sp³-hybridized carbons (Fsp3) is 0.889. The van der Waals surface area contributed by atoms with Crippen LogP contribution >= 0.6 is 15.6 Å². The van der Waals surface area contributed by atoms with Gasteiger partial charge >= 0.3 is 39.5 Å². The lowest BCUT2D eigenvalue weighted by atomic mass is 10.0. The Morgan fingerprint density at radius 2 is 0.593 bits per heavy atom. The number of hydrogen-bond donors (Lipinski definition) is 3. The third-order valence-electron chi connectivity index (χ3n) is 16.1. The maximum Gasteiger partial charge on any atom is 0.472 e. The zero-order valence-corrected chi connectivity index (χ0v) is 60.4. The molecule has 3 N–H and O–H groups in total. The summed E-state index contributed by atoms with van der Waals surface area (Å²) in [6.45, 7) is 9.37. The van der Waals surface area contributed by atoms with E-state index in [1.807, 2.05) is 0 Å². The molecule has 0 saturated carbocycles. The Hall–Kier alpha value is -2.46. The van der Waals surface area contributed by atoms with E-state index in [2.05, 4.69) is 65.8 Å². The van der Waals surface area contributed by atoms with Gasteiger partial charge < -0.3 is 33.8 Å². The van der Waals surface area contributed by atoms with Gasteiger partial charge in [-0.2, -0.15) is 0 Å². The third-order valence-corrected chi connectivity index (χ3v) is 18.0. The molecule has 91 heavy (non-hydrogen) atoms. The highest BCUT2D eigenvalue weighted by molar-refractivity contribution is 7.47. The lowest BCUT2D eigenvalue weighted by Gasteiger charge is -2.21. The van der Waals surface area contributed by atoms with Gasteiger partial charge in [-0.1, -0.05) is 291 Å². The Morgan fingerprint density at radius 1 is 0.341 bits per heavy atom. The minimum Gasteiger partial charge on any atom is -0.462 e. The van der Waals surface area contributed by atoms with Gasteiger partial charge in [0, 0.05) is 25.7 Å². The van der Waals surface area contributed by atoms with Crippen molar-refractivity contribution in [2.24, 2.45) is 11.8 Å². The first kappa shape index (κ1) is 88.5. The molecule has 0 aliphatic rings. The van der Waals surface area contributed by atoms with Gasteiger partial charge in [-0.25, -0.2) is 9.13 Å². The average Bonchev–Trinajstić information content (AvgIpc) is 3.30. The zero-order chi connectivity index (χ0) is 67.2. The molecule has 536 valence electrons. The van der Waals surface area contributed by atoms with Crippen LogP contribution in [0.1, 0.15) is 343 Å². The van der Waals surface area contributed by atoms with Gasteiger partial charge in [-0.3, -0.25) is 37.3 Å². The molecule has 0 aromatic heterocycles. The van der Waals surface area contributed by atoms with Crippen LogP contribution in [0.15, 0.2) is 24.3 Å². The smallest absolute Gasteiger partial charge is 0.462 e. The second-order valence-corrected chi connectivity index (χ2v) is 29.2. The van der Waals surface area contributed by atoms with Crippen LogP contribution in [0.4, 0.5) is 0 Å². The molecule has 0 aromatic carbocycles. The summed E-state index contributed by atoms with van der Waals surface area (Å²) in [5.74, 6) is -0.761. The normalized spacial score (nSPS) is 14.3. The Balaban J connectivity index is 5.27. The largest absolute Gasteiger partial charge is 0.472 e. The summed E-state index contributed by atoms with van der Waals surface area (Å²) in [6.07, 6.45) is 52.4. The first-order valence-electron chi connectivity index (χ1n) is 36.8. The summed E-state index contributed by atoms with van der Waals surface area (Å²) in [4.78, 5) is 72.5. The maximum absolute atomic E-state index is 13.0. The fourth-order valence-electron chi connectivity index (χ4n) is 10.4. The number of carbonyl (C=O) groups excluding carboxylic acids is 4. The molecule has 0 radical (unpaired) electrons. The second kappa shape index (κ2) is 63.6. The van der Waals surface area contributed by atoms with E-state index >= 15 is 0 Å². The first-order valence-corrected chi connectivity index (χ1v) is 39.8. The van der Waals surface area contributed by atoms with Crippen LogP contribution in [0.3, 0.4) is 0 Å². The molecule has 17 nitrogen and oxygen atoms in total. The van der Waals surface area contributed by atoms with E-state index in [1.54, 1.807) is 0 Å². The number of unbranched alkanes of at least 4 members (excludes halogenated alkanes) is 36. The number of allylic oxidation sites excluding steroid dienone is 4. The molecule has 0 bridgehead atoms. The molecule has 19 heteroatoms. The molecule has 5 atom stereocenters. The van der Waals surface area contributed by atoms with E-state index in [-0.39, 0.29) is 25.7 Å². The summed E-state index contributed by atoms with van der Waals surface area (Å²) < 4.78 is 68.3. The van der Waals surface area contributed by atoms with Gasteiger partial charge in [0.1, 0.15) is 19.3 Å². The lowest BCUT2D eigenvalue weighted by molar-refractivity contribution is -0.161. The Morgan fingerprint density at radius 3 is 0.901 bits per heavy atom. The molecular formula is C72H136O17P2. The average molecular weight is 1340 g/mol. The van der Waals surface area contributed by atoms with E-state index in [4.69, 9.17) is 37.0 Å². The molecule has 0 aliphatic carbocycles. The number of phosphoric ester groups is 2. The summed E-state index contributed by atoms with van der Waals surface area (Å²) in [7, 11) is -9.91. The number of aliphatic hydroxyl groups is 1. The van der Waals surface area contributed by atoms with Crippen LogP contribution in [0.25, 0.3) is 0 Å². The molecular weight excluding hydrogens is 1200 g/mol. The molecule has 0 heterocycles. The Bertz CT molecular complexity index is 1860. The quantitative estimate of drug-likeness (QED) is 0.0169. The van der Waals surface area contributed by atoms with Crippen molar-refractivity contribution in [3.8, 4) is 0 Å². The van der Waals surface area contributed by atoms with Crippen LogP contribution in [-0.2, 0) is 65.4 Å². The number of esters is 4. The fourth-order valence-corrected chi connectivity index (χ4v) is 12.0. The highest BCUT2D eigenvalue weighted by Crippen LogP contribution is 2.45. The van der Waals surface area contributed by atoms with E-state index in [9.17, 15) is 43.2 Å². The molecule has 2 unspecified atom stereocenters. The molecule has 0 amide bonds. The summed E-state index contributed by atoms with van der Waals surface area (Å²) >= 11 is 0. The number of ether oxygens (including phenoxy) is 4. The predicted octanol–water partition coefficient (Wildman–Crippen LogP) is 20.3. The van der Waals surface area contributed by atoms with Gasteiger partial charge in [0.15, 0.2) is 12.2 Å². The topological polar surface area (TPSA) is 237 Å². The number of rotatable bonds is 69. The highest BCUT2D eigenvalue weighted by atomic mass is 31.2. The van der Waals surface area contributed by atoms with E-state index < -0.39 is 97.5 Å². The number of carbonyl (C=O) groups is 4. The Labute approximate surface area is 554 Å². The van der Waals surface area contributed by atoms with Crippen molar-refractivity contribution in [2.75, 3.05) is 39.6 Å². The van der Waals surface area contributed by atoms with Crippen molar-refractivity contribution in [3.63, 3.8) is 0 Å². The van der Waals surface area contributed by atoms with Crippen LogP contribution in [0, 0.1) is 11.8 Å². The lowest BCUT2D eigenvalue weighted by Crippen LogP contribution is -2.30. The predicted molar refractivity (Wildman–Crippen MR) is 367 cm³/mol. The van der Waals surface area contributed by atoms with Crippen molar-refractivity contribution in [1.82, 2.24) is 0 Å². The summed E-state index contributed by atoms with van der Waals surface area (Å²) in [5, 5.41) is 10.6. The van der Waals surface area contributed by atoms with E-state index in [1.165, 1.54) is 135 Å². The van der Waals surface area contributed by atoms with Crippen molar-refractivity contribution >= 4 is 39.5 Å². The van der Waals surface area contributed by atoms with Crippen LogP contribution in [0.2, 0.25) is 0 Å². The third kappa shape index (κ3) is 66.0. The molecule has 0 saturated heterocycles. The van der Waals surface area contributed by atoms with E-state index in [0.717, 1.165) is 116 Å². The monoisotopic (exact) mass is 1330 g/mol. The van der Waals surface area contributed by atoms with Crippen LogP contribution in [0.5, 0.6) is 0 Å². The SMILES string of the molecule is CCCCCC/C=C\C=C/CCCCCCCC(=O)OC[C@H](COP(=O)(O)OC[C@@H](O)COP(=O)(O)OC[C@@H](COC(=O)CCCCCCCCC(C)C)OC(=O)CCCCCCCCCCC(C)C)OC(=O)CCCCCCCCCCCCCCCCCC. The summed E-state index contributed by atoms with van der Waals surface area (Å²) in [5.41, 5.74) is 0. The van der Waals surface area contributed by atoms with Gasteiger partial charge in [0.2, 0.25) is 0 Å². The standard InChI is InChI=1S/C72H136O17P2/c1-7-9-11-13-15-17-19-21-23-25-27-29-31-36-44-50-56-71(76)88-67(60-82-69(74)54-48-42-35-30-28-26-24-22-20-18-16-14-12-10-8-2)62-86-90(78,79)84-58-66(73)59-85-91(80,81)87-63-68(61-83-70(75)55-49-43-39-38-41-47-53-65(5)6)89-72(77)57-51-45-37-33-32-34-40-46-52-64(3)4/h18,20,22,24,64-68,73H,7-17,19,21,23,25-63H2,1-6H3,(H,78,79)(H,80,81)/b20-18-,24-22-/t66-,67-,68-/m1/s1. The molecule has 0 aliphatic heterocycles. The van der Waals surface area contributed by atoms with Crippen molar-refractivity contribution in [3.05, 3.63) is 24.3 Å². The number of hydrogen-bond acceptors (Lipinski definition) is 15. The number of phosphoric acid groups is 2. The minimum atomic E-state index is -4.96. The zero-order valence-electron chi connectivity index (χ0n) is 58.6. The maximum atomic E-state index is 13.0. The van der Waals surface area contributed by atoms with Crippen molar-refractivity contribution in [1.29, 1.82) is 0 Å². The van der Waals surface area contributed by atoms with Crippen LogP contribution in [-0.4, -0.2) is 96.7 Å². The Kier molecular flexibility index (Phi) is 61.9. The number of aliphatic hydroxyl groups excluding tert-OH is 1. The van der Waals surface area contributed by atoms with Gasteiger partial charge in [-0.15, -0.1) is 0 Å². The van der Waals surface area contributed by atoms with Crippen molar-refractivity contribution in [2.45, 2.75) is 362 Å². The minimum absolute atomic E-state index is 0.101. The van der Waals surface area contributed by atoms with Gasteiger partial charge in [-0.05, 0) is 63.2 Å². The molecule has 0 rings (SSSR count). The molecule has 0 fully saturated rings. The summed E-state index contributed by atoms with van der Waals surface area (Å²) in [6, 6.07) is 0. The van der Waals surface area contributed by atoms with Crippen LogP contribution < -0.4 is 0 Å².